The SMILES string of the molecule is Cn1cc(-n2ccc(=O)c(Cc3cccc(CC(=O)OCCC(C)(C)O)c3)n2)cn1. The molecule has 0 aliphatic heterocycles. The molecule has 0 aliphatic carbocycles. The molecule has 0 unspecified atom stereocenters. The maximum Gasteiger partial charge on any atom is 0.310 e. The highest BCUT2D eigenvalue weighted by Crippen LogP contribution is 2.12. The maximum atomic E-state index is 12.3. The fraction of sp³-hybridized carbons (Fsp3) is 0.364. The third-order valence-corrected chi connectivity index (χ3v) is 4.52. The van der Waals surface area contributed by atoms with E-state index in [1.807, 2.05) is 37.5 Å². The standard InChI is InChI=1S/C22H26N4O4/c1-22(2,29)8-10-30-21(28)13-17-6-4-5-16(11-17)12-19-20(27)7-9-26(24-19)18-14-23-25(3)15-18/h4-7,9,11,14-15,29H,8,10,12-13H2,1-3H3. The van der Waals surface area contributed by atoms with Crippen LogP contribution in [0.15, 0.2) is 53.7 Å². The first kappa shape index (κ1) is 21.4. The van der Waals surface area contributed by atoms with Gasteiger partial charge in [0.25, 0.3) is 0 Å². The number of hydrogen-bond donors (Lipinski definition) is 1. The molecular formula is C22H26N4O4. The van der Waals surface area contributed by atoms with Gasteiger partial charge in [0.15, 0.2) is 0 Å². The van der Waals surface area contributed by atoms with Gasteiger partial charge in [-0.05, 0) is 25.0 Å². The second-order valence-electron chi connectivity index (χ2n) is 7.90. The van der Waals surface area contributed by atoms with E-state index in [-0.39, 0.29) is 24.4 Å². The van der Waals surface area contributed by atoms with Crippen LogP contribution >= 0.6 is 0 Å². The second-order valence-corrected chi connectivity index (χ2v) is 7.90. The summed E-state index contributed by atoms with van der Waals surface area (Å²) in [6.07, 6.45) is 5.95. The van der Waals surface area contributed by atoms with Crippen molar-refractivity contribution in [1.82, 2.24) is 19.6 Å². The van der Waals surface area contributed by atoms with Crippen molar-refractivity contribution in [3.8, 4) is 5.69 Å². The summed E-state index contributed by atoms with van der Waals surface area (Å²) in [4.78, 5) is 24.3. The van der Waals surface area contributed by atoms with Crippen molar-refractivity contribution >= 4 is 5.97 Å². The smallest absolute Gasteiger partial charge is 0.310 e. The predicted molar refractivity (Wildman–Crippen MR) is 111 cm³/mol. The summed E-state index contributed by atoms with van der Waals surface area (Å²) in [6.45, 7) is 3.51. The maximum absolute atomic E-state index is 12.3. The van der Waals surface area contributed by atoms with Crippen molar-refractivity contribution in [2.75, 3.05) is 6.61 Å². The molecule has 158 valence electrons. The van der Waals surface area contributed by atoms with Crippen LogP contribution in [0, 0.1) is 0 Å². The fourth-order valence-electron chi connectivity index (χ4n) is 2.92. The molecule has 8 nitrogen and oxygen atoms in total. The molecule has 3 aromatic rings. The molecule has 0 fully saturated rings. The summed E-state index contributed by atoms with van der Waals surface area (Å²) in [5, 5.41) is 18.2. The minimum Gasteiger partial charge on any atom is -0.465 e. The van der Waals surface area contributed by atoms with E-state index >= 15 is 0 Å². The van der Waals surface area contributed by atoms with Crippen LogP contribution in [0.1, 0.15) is 37.1 Å². The molecule has 2 aromatic heterocycles. The molecule has 0 aliphatic rings. The topological polar surface area (TPSA) is 99.2 Å². The van der Waals surface area contributed by atoms with Gasteiger partial charge in [0, 0.05) is 32.2 Å². The molecule has 0 atom stereocenters. The van der Waals surface area contributed by atoms with E-state index in [2.05, 4.69) is 10.2 Å². The summed E-state index contributed by atoms with van der Waals surface area (Å²) >= 11 is 0. The molecule has 1 N–H and O–H groups in total. The molecule has 30 heavy (non-hydrogen) atoms. The van der Waals surface area contributed by atoms with Crippen LogP contribution in [0.25, 0.3) is 5.69 Å². The fourth-order valence-corrected chi connectivity index (χ4v) is 2.92. The van der Waals surface area contributed by atoms with E-state index < -0.39 is 5.60 Å². The van der Waals surface area contributed by atoms with Gasteiger partial charge in [-0.2, -0.15) is 10.2 Å². The summed E-state index contributed by atoms with van der Waals surface area (Å²) < 4.78 is 8.48. The second kappa shape index (κ2) is 9.04. The highest BCUT2D eigenvalue weighted by molar-refractivity contribution is 5.72. The first-order valence-electron chi connectivity index (χ1n) is 9.73. The van der Waals surface area contributed by atoms with Crippen molar-refractivity contribution in [1.29, 1.82) is 0 Å². The van der Waals surface area contributed by atoms with Crippen LogP contribution in [-0.2, 0) is 29.4 Å². The van der Waals surface area contributed by atoms with E-state index in [1.54, 1.807) is 35.6 Å². The number of aryl methyl sites for hydroxylation is 1. The predicted octanol–water partition coefficient (Wildman–Crippen LogP) is 1.80. The minimum absolute atomic E-state index is 0.127. The van der Waals surface area contributed by atoms with Gasteiger partial charge in [-0.25, -0.2) is 4.68 Å². The summed E-state index contributed by atoms with van der Waals surface area (Å²) in [5.41, 5.74) is 1.83. The lowest BCUT2D eigenvalue weighted by atomic mass is 10.0. The number of aromatic nitrogens is 4. The van der Waals surface area contributed by atoms with Gasteiger partial charge in [0.2, 0.25) is 5.43 Å². The molecule has 0 spiro atoms. The van der Waals surface area contributed by atoms with Gasteiger partial charge in [0.05, 0.1) is 31.0 Å². The molecule has 8 heteroatoms. The molecule has 0 amide bonds. The normalized spacial score (nSPS) is 11.5. The molecule has 0 bridgehead atoms. The number of ether oxygens (including phenoxy) is 1. The number of esters is 1. The zero-order chi connectivity index (χ0) is 21.7. The summed E-state index contributed by atoms with van der Waals surface area (Å²) in [5.74, 6) is -0.354. The molecule has 0 saturated carbocycles. The Labute approximate surface area is 174 Å². The average molecular weight is 410 g/mol. The number of carbonyl (C=O) groups is 1. The lowest BCUT2D eigenvalue weighted by Gasteiger charge is -2.16. The number of benzene rings is 1. The van der Waals surface area contributed by atoms with Gasteiger partial charge in [-0.15, -0.1) is 0 Å². The number of hydrogen-bond acceptors (Lipinski definition) is 6. The largest absolute Gasteiger partial charge is 0.465 e. The monoisotopic (exact) mass is 410 g/mol. The van der Waals surface area contributed by atoms with Gasteiger partial charge in [0.1, 0.15) is 11.4 Å². The molecule has 3 rings (SSSR count). The lowest BCUT2D eigenvalue weighted by Crippen LogP contribution is -2.22. The quantitative estimate of drug-likeness (QED) is 0.569. The Morgan fingerprint density at radius 1 is 1.23 bits per heavy atom. The number of rotatable bonds is 8. The van der Waals surface area contributed by atoms with Crippen molar-refractivity contribution in [3.63, 3.8) is 0 Å². The third-order valence-electron chi connectivity index (χ3n) is 4.52. The Balaban J connectivity index is 1.68. The van der Waals surface area contributed by atoms with Crippen molar-refractivity contribution < 1.29 is 14.6 Å². The Hall–Kier alpha value is -3.26. The van der Waals surface area contributed by atoms with E-state index in [0.717, 1.165) is 16.8 Å². The zero-order valence-corrected chi connectivity index (χ0v) is 17.4. The van der Waals surface area contributed by atoms with E-state index in [1.165, 1.54) is 6.07 Å². The summed E-state index contributed by atoms with van der Waals surface area (Å²) in [6, 6.07) is 8.94. The molecule has 0 radical (unpaired) electrons. The Kier molecular flexibility index (Phi) is 6.47. The number of carbonyl (C=O) groups excluding carboxylic acids is 1. The van der Waals surface area contributed by atoms with Gasteiger partial charge < -0.3 is 9.84 Å². The molecular weight excluding hydrogens is 384 g/mol. The van der Waals surface area contributed by atoms with Crippen molar-refractivity contribution in [3.05, 3.63) is 76.0 Å². The Morgan fingerprint density at radius 2 is 2.00 bits per heavy atom. The highest BCUT2D eigenvalue weighted by Gasteiger charge is 2.14. The van der Waals surface area contributed by atoms with Crippen molar-refractivity contribution in [2.24, 2.45) is 7.05 Å². The number of nitrogens with zero attached hydrogens (tertiary/aromatic N) is 4. The average Bonchev–Trinajstić information content (AvgIpc) is 3.09. The minimum atomic E-state index is -0.869. The van der Waals surface area contributed by atoms with Crippen LogP contribution in [-0.4, -0.2) is 42.8 Å². The third kappa shape index (κ3) is 6.12. The van der Waals surface area contributed by atoms with E-state index in [9.17, 15) is 14.7 Å². The molecule has 0 saturated heterocycles. The van der Waals surface area contributed by atoms with E-state index in [4.69, 9.17) is 4.74 Å². The van der Waals surface area contributed by atoms with Gasteiger partial charge >= 0.3 is 5.97 Å². The first-order valence-corrected chi connectivity index (χ1v) is 9.73. The van der Waals surface area contributed by atoms with Crippen LogP contribution in [0.3, 0.4) is 0 Å². The zero-order valence-electron chi connectivity index (χ0n) is 17.4. The van der Waals surface area contributed by atoms with Crippen LogP contribution < -0.4 is 5.43 Å². The molecule has 1 aromatic carbocycles. The van der Waals surface area contributed by atoms with Crippen molar-refractivity contribution in [2.45, 2.75) is 38.7 Å². The van der Waals surface area contributed by atoms with Gasteiger partial charge in [-0.3, -0.25) is 14.3 Å². The van der Waals surface area contributed by atoms with Crippen LogP contribution in [0.2, 0.25) is 0 Å². The van der Waals surface area contributed by atoms with E-state index in [0.29, 0.717) is 18.5 Å². The number of aliphatic hydroxyl groups is 1. The van der Waals surface area contributed by atoms with Gasteiger partial charge in [-0.1, -0.05) is 24.3 Å². The Morgan fingerprint density at radius 3 is 2.70 bits per heavy atom. The summed E-state index contributed by atoms with van der Waals surface area (Å²) in [7, 11) is 1.81. The first-order chi connectivity index (χ1) is 14.2. The lowest BCUT2D eigenvalue weighted by molar-refractivity contribution is -0.144. The Bertz CT molecular complexity index is 1080. The molecule has 2 heterocycles. The van der Waals surface area contributed by atoms with Crippen LogP contribution in [0.5, 0.6) is 0 Å². The highest BCUT2D eigenvalue weighted by atomic mass is 16.5. The van der Waals surface area contributed by atoms with Crippen LogP contribution in [0.4, 0.5) is 0 Å².